The molecule has 1 aromatic heterocycles. The van der Waals surface area contributed by atoms with Gasteiger partial charge in [-0.05, 0) is 59.2 Å². The molecule has 0 saturated heterocycles. The molecule has 0 fully saturated rings. The van der Waals surface area contributed by atoms with Crippen molar-refractivity contribution >= 4 is 34.8 Å². The van der Waals surface area contributed by atoms with Gasteiger partial charge >= 0.3 is 0 Å². The molecule has 0 saturated carbocycles. The average Bonchev–Trinajstić information content (AvgIpc) is 3.37. The van der Waals surface area contributed by atoms with Crippen molar-refractivity contribution in [3.63, 3.8) is 0 Å². The molecule has 2 amide bonds. The predicted octanol–water partition coefficient (Wildman–Crippen LogP) is 6.02. The molecule has 0 aliphatic carbocycles. The zero-order chi connectivity index (χ0) is 25.5. The molecule has 0 radical (unpaired) electrons. The van der Waals surface area contributed by atoms with Crippen LogP contribution in [0.4, 0.5) is 0 Å². The lowest BCUT2D eigenvalue weighted by Gasteiger charge is -2.37. The Kier molecular flexibility index (Phi) is 9.05. The van der Waals surface area contributed by atoms with E-state index in [0.29, 0.717) is 42.8 Å². The minimum absolute atomic E-state index is 0.0166. The standard InChI is InChI=1S/C29H33ClN2O3S/c1-3-21(2)18-31(28(33)17-22-7-5-4-6-8-22)19-29(34)32-15-13-27-25(14-16-36-27)26(32)20-35-24-11-9-23(30)10-12-24/h4-12,14,16,21,26H,3,13,15,17-20H2,1-2H3. The molecule has 36 heavy (non-hydrogen) atoms. The Morgan fingerprint density at radius 1 is 1.14 bits per heavy atom. The number of carbonyl (C=O) groups is 2. The summed E-state index contributed by atoms with van der Waals surface area (Å²) in [5.41, 5.74) is 2.09. The fourth-order valence-corrected chi connectivity index (χ4v) is 5.53. The van der Waals surface area contributed by atoms with Gasteiger partial charge in [0.25, 0.3) is 0 Å². The molecule has 5 nitrogen and oxygen atoms in total. The Hall–Kier alpha value is -2.83. The minimum atomic E-state index is -0.196. The summed E-state index contributed by atoms with van der Waals surface area (Å²) < 4.78 is 6.09. The summed E-state index contributed by atoms with van der Waals surface area (Å²) in [4.78, 5) is 31.9. The number of carbonyl (C=O) groups excluding carboxylic acids is 2. The van der Waals surface area contributed by atoms with Crippen LogP contribution >= 0.6 is 22.9 Å². The molecule has 2 atom stereocenters. The van der Waals surface area contributed by atoms with Crippen LogP contribution in [0.1, 0.15) is 42.3 Å². The molecule has 4 rings (SSSR count). The fourth-order valence-electron chi connectivity index (χ4n) is 4.48. The molecule has 0 spiro atoms. The number of amides is 2. The van der Waals surface area contributed by atoms with E-state index >= 15 is 0 Å². The molecule has 190 valence electrons. The van der Waals surface area contributed by atoms with Crippen molar-refractivity contribution in [2.24, 2.45) is 5.92 Å². The van der Waals surface area contributed by atoms with Crippen LogP contribution in [0.2, 0.25) is 5.02 Å². The molecule has 2 unspecified atom stereocenters. The molecule has 3 aromatic rings. The number of hydrogen-bond acceptors (Lipinski definition) is 4. The van der Waals surface area contributed by atoms with Gasteiger partial charge in [0.05, 0.1) is 19.0 Å². The van der Waals surface area contributed by atoms with Crippen LogP contribution in [0.5, 0.6) is 5.75 Å². The Morgan fingerprint density at radius 3 is 2.61 bits per heavy atom. The first-order valence-corrected chi connectivity index (χ1v) is 13.8. The summed E-state index contributed by atoms with van der Waals surface area (Å²) in [7, 11) is 0. The fraction of sp³-hybridized carbons (Fsp3) is 0.379. The molecule has 7 heteroatoms. The highest BCUT2D eigenvalue weighted by molar-refractivity contribution is 7.10. The second kappa shape index (κ2) is 12.4. The lowest BCUT2D eigenvalue weighted by molar-refractivity contribution is -0.143. The summed E-state index contributed by atoms with van der Waals surface area (Å²) in [6.45, 7) is 5.84. The summed E-state index contributed by atoms with van der Waals surface area (Å²) in [6.07, 6.45) is 2.06. The Morgan fingerprint density at radius 2 is 1.89 bits per heavy atom. The monoisotopic (exact) mass is 524 g/mol. The first kappa shape index (κ1) is 26.2. The lowest BCUT2D eigenvalue weighted by atomic mass is 10.00. The van der Waals surface area contributed by atoms with Crippen LogP contribution in [0, 0.1) is 5.92 Å². The Labute approximate surface area is 222 Å². The summed E-state index contributed by atoms with van der Waals surface area (Å²) in [6, 6.07) is 18.9. The SMILES string of the molecule is CCC(C)CN(CC(=O)N1CCc2sccc2C1COc1ccc(Cl)cc1)C(=O)Cc1ccccc1. The predicted molar refractivity (Wildman–Crippen MR) is 146 cm³/mol. The van der Waals surface area contributed by atoms with Gasteiger partial charge in [-0.3, -0.25) is 9.59 Å². The van der Waals surface area contributed by atoms with Gasteiger partial charge in [-0.2, -0.15) is 0 Å². The van der Waals surface area contributed by atoms with Gasteiger partial charge in [-0.15, -0.1) is 11.3 Å². The van der Waals surface area contributed by atoms with E-state index in [2.05, 4.69) is 25.3 Å². The Bertz CT molecular complexity index is 1150. The van der Waals surface area contributed by atoms with Gasteiger partial charge in [-0.1, -0.05) is 62.2 Å². The normalized spacial score (nSPS) is 15.8. The molecular weight excluding hydrogens is 492 g/mol. The van der Waals surface area contributed by atoms with E-state index in [4.69, 9.17) is 16.3 Å². The van der Waals surface area contributed by atoms with Crippen molar-refractivity contribution in [1.82, 2.24) is 9.80 Å². The number of benzene rings is 2. The van der Waals surface area contributed by atoms with Gasteiger partial charge in [0.2, 0.25) is 11.8 Å². The largest absolute Gasteiger partial charge is 0.491 e. The van der Waals surface area contributed by atoms with Crippen molar-refractivity contribution in [3.8, 4) is 5.75 Å². The van der Waals surface area contributed by atoms with Gasteiger partial charge < -0.3 is 14.5 Å². The van der Waals surface area contributed by atoms with Crippen molar-refractivity contribution in [3.05, 3.63) is 87.1 Å². The molecular formula is C29H33ClN2O3S. The first-order chi connectivity index (χ1) is 17.4. The number of halogens is 1. The first-order valence-electron chi connectivity index (χ1n) is 12.5. The number of hydrogen-bond donors (Lipinski definition) is 0. The number of nitrogens with zero attached hydrogens (tertiary/aromatic N) is 2. The van der Waals surface area contributed by atoms with Crippen LogP contribution in [0.15, 0.2) is 66.0 Å². The van der Waals surface area contributed by atoms with Crippen molar-refractivity contribution < 1.29 is 14.3 Å². The van der Waals surface area contributed by atoms with Crippen LogP contribution in [-0.4, -0.2) is 47.9 Å². The van der Waals surface area contributed by atoms with E-state index in [9.17, 15) is 9.59 Å². The summed E-state index contributed by atoms with van der Waals surface area (Å²) in [5.74, 6) is 0.968. The molecule has 2 heterocycles. The van der Waals surface area contributed by atoms with E-state index in [1.165, 1.54) is 4.88 Å². The third-order valence-electron chi connectivity index (χ3n) is 6.74. The van der Waals surface area contributed by atoms with E-state index < -0.39 is 0 Å². The minimum Gasteiger partial charge on any atom is -0.491 e. The van der Waals surface area contributed by atoms with Crippen molar-refractivity contribution in [1.29, 1.82) is 0 Å². The third-order valence-corrected chi connectivity index (χ3v) is 7.99. The maximum absolute atomic E-state index is 13.7. The quantitative estimate of drug-likeness (QED) is 0.325. The second-order valence-corrected chi connectivity index (χ2v) is 10.8. The highest BCUT2D eigenvalue weighted by Gasteiger charge is 2.33. The second-order valence-electron chi connectivity index (χ2n) is 9.37. The number of fused-ring (bicyclic) bond motifs is 1. The highest BCUT2D eigenvalue weighted by atomic mass is 35.5. The molecule has 1 aliphatic rings. The topological polar surface area (TPSA) is 49.9 Å². The van der Waals surface area contributed by atoms with E-state index in [0.717, 1.165) is 24.0 Å². The van der Waals surface area contributed by atoms with Crippen molar-refractivity contribution in [2.45, 2.75) is 39.2 Å². The van der Waals surface area contributed by atoms with Gasteiger partial charge in [0.15, 0.2) is 0 Å². The van der Waals surface area contributed by atoms with Gasteiger partial charge in [0, 0.05) is 23.0 Å². The number of thiophene rings is 1. The number of rotatable bonds is 10. The third kappa shape index (κ3) is 6.68. The molecule has 1 aliphatic heterocycles. The van der Waals surface area contributed by atoms with Crippen LogP contribution in [-0.2, 0) is 22.4 Å². The lowest BCUT2D eigenvalue weighted by Crippen LogP contribution is -2.48. The Balaban J connectivity index is 1.50. The molecule has 2 aromatic carbocycles. The number of ether oxygens (including phenoxy) is 1. The van der Waals surface area contributed by atoms with Crippen molar-refractivity contribution in [2.75, 3.05) is 26.2 Å². The van der Waals surface area contributed by atoms with Crippen LogP contribution in [0.25, 0.3) is 0 Å². The zero-order valence-corrected chi connectivity index (χ0v) is 22.4. The van der Waals surface area contributed by atoms with E-state index in [-0.39, 0.29) is 24.4 Å². The molecule has 0 bridgehead atoms. The van der Waals surface area contributed by atoms with Gasteiger partial charge in [0.1, 0.15) is 12.4 Å². The highest BCUT2D eigenvalue weighted by Crippen LogP contribution is 2.34. The smallest absolute Gasteiger partial charge is 0.242 e. The maximum Gasteiger partial charge on any atom is 0.242 e. The van der Waals surface area contributed by atoms with Crippen LogP contribution < -0.4 is 4.74 Å². The van der Waals surface area contributed by atoms with E-state index in [1.807, 2.05) is 47.4 Å². The average molecular weight is 525 g/mol. The maximum atomic E-state index is 13.7. The summed E-state index contributed by atoms with van der Waals surface area (Å²) in [5, 5.41) is 2.73. The van der Waals surface area contributed by atoms with Gasteiger partial charge in [-0.25, -0.2) is 0 Å². The van der Waals surface area contributed by atoms with E-state index in [1.54, 1.807) is 28.4 Å². The molecule has 0 N–H and O–H groups in total. The van der Waals surface area contributed by atoms with Crippen LogP contribution in [0.3, 0.4) is 0 Å². The zero-order valence-electron chi connectivity index (χ0n) is 20.9. The summed E-state index contributed by atoms with van der Waals surface area (Å²) >= 11 is 7.73.